The first-order valence-corrected chi connectivity index (χ1v) is 5.47. The summed E-state index contributed by atoms with van der Waals surface area (Å²) >= 11 is 0. The molecule has 0 bridgehead atoms. The van der Waals surface area contributed by atoms with Crippen molar-refractivity contribution in [1.82, 2.24) is 0 Å². The zero-order chi connectivity index (χ0) is 8.97. The predicted molar refractivity (Wildman–Crippen MR) is 50.3 cm³/mol. The highest BCUT2D eigenvalue weighted by molar-refractivity contribution is 6.58. The average Bonchev–Trinajstić information content (AvgIpc) is 2.05. The first-order chi connectivity index (χ1) is 5.74. The molecule has 1 rings (SSSR count). The number of hydrogen-bond acceptors (Lipinski definition) is 2. The molecule has 0 spiro atoms. The van der Waals surface area contributed by atoms with Gasteiger partial charge in [-0.25, -0.2) is 0 Å². The van der Waals surface area contributed by atoms with E-state index in [1.165, 1.54) is 5.56 Å². The molecule has 1 radical (unpaired) electrons. The summed E-state index contributed by atoms with van der Waals surface area (Å²) in [7, 11) is -2.25. The Morgan fingerprint density at radius 2 is 2.08 bits per heavy atom. The Kier molecular flexibility index (Phi) is 3.46. The van der Waals surface area contributed by atoms with Crippen LogP contribution in [0, 0.1) is 0 Å². The minimum atomic E-state index is -2.25. The second-order valence-corrected chi connectivity index (χ2v) is 4.00. The molecule has 0 fully saturated rings. The SMILES string of the molecule is CCCc1cccc([Si](O)O)c1. The average molecular weight is 181 g/mol. The minimum Gasteiger partial charge on any atom is -0.406 e. The van der Waals surface area contributed by atoms with Gasteiger partial charge in [0.15, 0.2) is 0 Å². The fourth-order valence-electron chi connectivity index (χ4n) is 1.15. The van der Waals surface area contributed by atoms with Gasteiger partial charge in [0.25, 0.3) is 0 Å². The van der Waals surface area contributed by atoms with Gasteiger partial charge in [0.05, 0.1) is 0 Å². The molecular formula is C9H13O2Si. The molecule has 1 aromatic carbocycles. The molecule has 0 aliphatic carbocycles. The molecule has 3 heteroatoms. The maximum atomic E-state index is 8.97. The Labute approximate surface area is 74.3 Å². The second-order valence-electron chi connectivity index (χ2n) is 2.77. The second kappa shape index (κ2) is 4.40. The lowest BCUT2D eigenvalue weighted by Crippen LogP contribution is -2.29. The standard InChI is InChI=1S/C9H13O2Si/c1-2-4-8-5-3-6-9(7-8)12(10)11/h3,5-7,10-11H,2,4H2,1H3. The summed E-state index contributed by atoms with van der Waals surface area (Å²) < 4.78 is 0. The van der Waals surface area contributed by atoms with Gasteiger partial charge in [-0.15, -0.1) is 0 Å². The summed E-state index contributed by atoms with van der Waals surface area (Å²) in [4.78, 5) is 17.9. The Balaban J connectivity index is 2.81. The van der Waals surface area contributed by atoms with E-state index in [0.717, 1.165) is 12.8 Å². The highest BCUT2D eigenvalue weighted by Gasteiger charge is 2.07. The number of hydrogen-bond donors (Lipinski definition) is 2. The molecule has 0 aliphatic heterocycles. The molecule has 0 unspecified atom stereocenters. The van der Waals surface area contributed by atoms with Gasteiger partial charge in [-0.2, -0.15) is 0 Å². The molecule has 65 valence electrons. The summed E-state index contributed by atoms with van der Waals surface area (Å²) in [5, 5.41) is 0.672. The van der Waals surface area contributed by atoms with Crippen molar-refractivity contribution in [2.75, 3.05) is 0 Å². The largest absolute Gasteiger partial charge is 0.417 e. The topological polar surface area (TPSA) is 40.5 Å². The van der Waals surface area contributed by atoms with Crippen LogP contribution < -0.4 is 5.19 Å². The van der Waals surface area contributed by atoms with Gasteiger partial charge in [-0.3, -0.25) is 0 Å². The zero-order valence-corrected chi connectivity index (χ0v) is 8.12. The van der Waals surface area contributed by atoms with E-state index in [4.69, 9.17) is 9.59 Å². The third-order valence-corrected chi connectivity index (χ3v) is 2.55. The van der Waals surface area contributed by atoms with Crippen molar-refractivity contribution in [3.05, 3.63) is 29.8 Å². The van der Waals surface area contributed by atoms with Gasteiger partial charge in [-0.1, -0.05) is 37.6 Å². The summed E-state index contributed by atoms with van der Waals surface area (Å²) in [6.07, 6.45) is 2.09. The van der Waals surface area contributed by atoms with Crippen LogP contribution in [0.25, 0.3) is 0 Å². The molecule has 0 aliphatic rings. The first kappa shape index (κ1) is 9.44. The first-order valence-electron chi connectivity index (χ1n) is 4.08. The minimum absolute atomic E-state index is 0.672. The van der Waals surface area contributed by atoms with Crippen LogP contribution in [0.3, 0.4) is 0 Å². The zero-order valence-electron chi connectivity index (χ0n) is 7.12. The molecule has 0 aromatic heterocycles. The van der Waals surface area contributed by atoms with E-state index < -0.39 is 9.28 Å². The summed E-state index contributed by atoms with van der Waals surface area (Å²) in [5.74, 6) is 0. The van der Waals surface area contributed by atoms with Gasteiger partial charge in [0, 0.05) is 0 Å². The third kappa shape index (κ3) is 2.44. The normalized spacial score (nSPS) is 10.7. The predicted octanol–water partition coefficient (Wildman–Crippen LogP) is 0.319. The van der Waals surface area contributed by atoms with E-state index in [-0.39, 0.29) is 0 Å². The van der Waals surface area contributed by atoms with Gasteiger partial charge in [-0.05, 0) is 17.2 Å². The monoisotopic (exact) mass is 181 g/mol. The summed E-state index contributed by atoms with van der Waals surface area (Å²) in [6, 6.07) is 7.51. The van der Waals surface area contributed by atoms with Crippen molar-refractivity contribution in [2.24, 2.45) is 0 Å². The molecule has 0 atom stereocenters. The molecule has 0 saturated heterocycles. The molecule has 0 amide bonds. The third-order valence-electron chi connectivity index (χ3n) is 1.72. The van der Waals surface area contributed by atoms with Crippen molar-refractivity contribution in [3.63, 3.8) is 0 Å². The highest BCUT2D eigenvalue weighted by Crippen LogP contribution is 2.00. The lowest BCUT2D eigenvalue weighted by atomic mass is 10.1. The van der Waals surface area contributed by atoms with E-state index in [0.29, 0.717) is 5.19 Å². The fraction of sp³-hybridized carbons (Fsp3) is 0.333. The van der Waals surface area contributed by atoms with Crippen molar-refractivity contribution >= 4 is 14.5 Å². The maximum absolute atomic E-state index is 8.97. The van der Waals surface area contributed by atoms with Gasteiger partial charge < -0.3 is 9.59 Å². The molecule has 1 aromatic rings. The van der Waals surface area contributed by atoms with E-state index in [1.807, 2.05) is 18.2 Å². The molecule has 2 nitrogen and oxygen atoms in total. The Bertz CT molecular complexity index is 248. The Morgan fingerprint density at radius 3 is 2.67 bits per heavy atom. The van der Waals surface area contributed by atoms with Crippen molar-refractivity contribution in [2.45, 2.75) is 19.8 Å². The van der Waals surface area contributed by atoms with E-state index in [2.05, 4.69) is 6.92 Å². The fourth-order valence-corrected chi connectivity index (χ4v) is 1.71. The lowest BCUT2D eigenvalue weighted by Gasteiger charge is -2.02. The van der Waals surface area contributed by atoms with Crippen LogP contribution in [-0.2, 0) is 6.42 Å². The van der Waals surface area contributed by atoms with Gasteiger partial charge in [0.1, 0.15) is 0 Å². The van der Waals surface area contributed by atoms with E-state index in [1.54, 1.807) is 6.07 Å². The Morgan fingerprint density at radius 1 is 1.33 bits per heavy atom. The number of rotatable bonds is 3. The Hall–Kier alpha value is -0.643. The van der Waals surface area contributed by atoms with Crippen LogP contribution in [0.2, 0.25) is 0 Å². The van der Waals surface area contributed by atoms with Crippen LogP contribution in [0.1, 0.15) is 18.9 Å². The van der Waals surface area contributed by atoms with Crippen LogP contribution >= 0.6 is 0 Å². The molecule has 2 N–H and O–H groups in total. The van der Waals surface area contributed by atoms with Crippen LogP contribution in [0.15, 0.2) is 24.3 Å². The maximum Gasteiger partial charge on any atom is 0.417 e. The lowest BCUT2D eigenvalue weighted by molar-refractivity contribution is 0.425. The molecular weight excluding hydrogens is 168 g/mol. The van der Waals surface area contributed by atoms with Crippen LogP contribution in [0.5, 0.6) is 0 Å². The quantitative estimate of drug-likeness (QED) is 0.659. The number of aryl methyl sites for hydroxylation is 1. The molecule has 12 heavy (non-hydrogen) atoms. The summed E-state index contributed by atoms with van der Waals surface area (Å²) in [6.45, 7) is 2.11. The van der Waals surface area contributed by atoms with Gasteiger partial charge in [0.2, 0.25) is 0 Å². The van der Waals surface area contributed by atoms with Crippen molar-refractivity contribution in [3.8, 4) is 0 Å². The van der Waals surface area contributed by atoms with Crippen molar-refractivity contribution < 1.29 is 9.59 Å². The summed E-state index contributed by atoms with van der Waals surface area (Å²) in [5.41, 5.74) is 1.18. The van der Waals surface area contributed by atoms with Crippen molar-refractivity contribution in [1.29, 1.82) is 0 Å². The van der Waals surface area contributed by atoms with Crippen LogP contribution in [-0.4, -0.2) is 18.9 Å². The smallest absolute Gasteiger partial charge is 0.406 e. The van der Waals surface area contributed by atoms with Crippen LogP contribution in [0.4, 0.5) is 0 Å². The molecule has 0 heterocycles. The van der Waals surface area contributed by atoms with E-state index >= 15 is 0 Å². The molecule has 0 saturated carbocycles. The number of benzene rings is 1. The van der Waals surface area contributed by atoms with Gasteiger partial charge >= 0.3 is 9.28 Å². The van der Waals surface area contributed by atoms with E-state index in [9.17, 15) is 0 Å². The highest BCUT2D eigenvalue weighted by atomic mass is 28.3.